The van der Waals surface area contributed by atoms with Crippen LogP contribution in [-0.4, -0.2) is 54.5 Å². The number of halogens is 1. The van der Waals surface area contributed by atoms with Gasteiger partial charge in [0.05, 0.1) is 0 Å². The summed E-state index contributed by atoms with van der Waals surface area (Å²) in [7, 11) is 0. The molecular weight excluding hydrogens is 360 g/mol. The number of carbonyl (C=O) groups excluding carboxylic acids is 1. The van der Waals surface area contributed by atoms with Crippen LogP contribution in [0.2, 0.25) is 5.02 Å². The van der Waals surface area contributed by atoms with E-state index in [4.69, 9.17) is 16.3 Å². The van der Waals surface area contributed by atoms with Crippen molar-refractivity contribution in [2.45, 2.75) is 38.1 Å². The third-order valence-electron chi connectivity index (χ3n) is 7.44. The van der Waals surface area contributed by atoms with Crippen molar-refractivity contribution in [3.8, 4) is 5.75 Å². The molecule has 0 aromatic heterocycles. The molecule has 1 amide bonds. The quantitative estimate of drug-likeness (QED) is 0.788. The first-order valence-corrected chi connectivity index (χ1v) is 10.9. The van der Waals surface area contributed by atoms with Gasteiger partial charge in [-0.3, -0.25) is 9.69 Å². The molecule has 0 unspecified atom stereocenters. The van der Waals surface area contributed by atoms with E-state index in [2.05, 4.69) is 4.90 Å². The van der Waals surface area contributed by atoms with E-state index in [0.717, 1.165) is 55.9 Å². The van der Waals surface area contributed by atoms with Crippen molar-refractivity contribution >= 4 is 17.5 Å². The number of carbonyl (C=O) groups is 1. The fourth-order valence-corrected chi connectivity index (χ4v) is 6.66. The van der Waals surface area contributed by atoms with Crippen LogP contribution in [0, 0.1) is 23.7 Å². The van der Waals surface area contributed by atoms with Crippen molar-refractivity contribution in [3.05, 3.63) is 29.3 Å². The molecule has 6 rings (SSSR count). The lowest BCUT2D eigenvalue weighted by Crippen LogP contribution is -2.60. The van der Waals surface area contributed by atoms with Crippen LogP contribution in [0.25, 0.3) is 0 Å². The number of hydrogen-bond acceptors (Lipinski definition) is 3. The molecule has 0 radical (unpaired) electrons. The van der Waals surface area contributed by atoms with Gasteiger partial charge in [0.2, 0.25) is 0 Å². The Balaban J connectivity index is 1.12. The standard InChI is InChI=1S/C22H29ClN2O2/c23-19-1-3-20(4-2-19)27-14-21(26)24-5-7-25(8-6-24)22-17-10-15-9-16(12-17)13-18(22)11-15/h1-4,15-18,22H,5-14H2. The fraction of sp³-hybridized carbons (Fsp3) is 0.682. The van der Waals surface area contributed by atoms with Crippen molar-refractivity contribution in [1.29, 1.82) is 0 Å². The van der Waals surface area contributed by atoms with Gasteiger partial charge in [-0.1, -0.05) is 11.6 Å². The highest BCUT2D eigenvalue weighted by atomic mass is 35.5. The summed E-state index contributed by atoms with van der Waals surface area (Å²) in [6.45, 7) is 3.84. The average Bonchev–Trinajstić information content (AvgIpc) is 2.67. The third-order valence-corrected chi connectivity index (χ3v) is 7.69. The number of rotatable bonds is 4. The highest BCUT2D eigenvalue weighted by Gasteiger charge is 2.50. The van der Waals surface area contributed by atoms with Crippen LogP contribution in [0.15, 0.2) is 24.3 Å². The molecule has 4 nitrogen and oxygen atoms in total. The first kappa shape index (κ1) is 17.8. The maximum atomic E-state index is 12.5. The topological polar surface area (TPSA) is 32.8 Å². The fourth-order valence-electron chi connectivity index (χ4n) is 6.53. The number of nitrogens with zero attached hydrogens (tertiary/aromatic N) is 2. The normalized spacial score (nSPS) is 35.4. The Morgan fingerprint density at radius 2 is 1.52 bits per heavy atom. The number of benzene rings is 1. The van der Waals surface area contributed by atoms with Gasteiger partial charge in [0.15, 0.2) is 6.61 Å². The molecule has 1 aromatic rings. The van der Waals surface area contributed by atoms with Crippen LogP contribution in [0.3, 0.4) is 0 Å². The lowest BCUT2D eigenvalue weighted by Gasteiger charge is -2.58. The summed E-state index contributed by atoms with van der Waals surface area (Å²) in [5, 5.41) is 0.676. The van der Waals surface area contributed by atoms with E-state index in [-0.39, 0.29) is 12.5 Å². The van der Waals surface area contributed by atoms with Gasteiger partial charge in [0.25, 0.3) is 5.91 Å². The molecule has 5 heteroatoms. The predicted molar refractivity (Wildman–Crippen MR) is 106 cm³/mol. The van der Waals surface area contributed by atoms with Crippen LogP contribution in [-0.2, 0) is 4.79 Å². The SMILES string of the molecule is O=C(COc1ccc(Cl)cc1)N1CCN(C2C3CC4CC(C3)CC2C4)CC1. The first-order valence-electron chi connectivity index (χ1n) is 10.6. The highest BCUT2D eigenvalue weighted by molar-refractivity contribution is 6.30. The summed E-state index contributed by atoms with van der Waals surface area (Å²) < 4.78 is 5.63. The van der Waals surface area contributed by atoms with Gasteiger partial charge in [0, 0.05) is 37.2 Å². The largest absolute Gasteiger partial charge is 0.484 e. The molecule has 1 aromatic carbocycles. The van der Waals surface area contributed by atoms with Crippen molar-refractivity contribution in [1.82, 2.24) is 9.80 Å². The summed E-state index contributed by atoms with van der Waals surface area (Å²) in [5.74, 6) is 4.69. The molecule has 0 atom stereocenters. The minimum atomic E-state index is 0.0923. The maximum Gasteiger partial charge on any atom is 0.260 e. The Bertz CT molecular complexity index is 656. The van der Waals surface area contributed by atoms with Crippen LogP contribution in [0.4, 0.5) is 0 Å². The second-order valence-electron chi connectivity index (χ2n) is 9.08. The molecule has 5 aliphatic rings. The summed E-state index contributed by atoms with van der Waals surface area (Å²) in [6, 6.07) is 7.97. The lowest BCUT2D eigenvalue weighted by atomic mass is 9.54. The van der Waals surface area contributed by atoms with Gasteiger partial charge in [-0.2, -0.15) is 0 Å². The Labute approximate surface area is 166 Å². The summed E-state index contributed by atoms with van der Waals surface area (Å²) in [5.41, 5.74) is 0. The Morgan fingerprint density at radius 3 is 2.11 bits per heavy atom. The molecule has 146 valence electrons. The molecular formula is C22H29ClN2O2. The van der Waals surface area contributed by atoms with Gasteiger partial charge in [-0.15, -0.1) is 0 Å². The predicted octanol–water partition coefficient (Wildman–Crippen LogP) is 3.69. The molecule has 5 fully saturated rings. The highest BCUT2D eigenvalue weighted by Crippen LogP contribution is 2.55. The number of hydrogen-bond donors (Lipinski definition) is 0. The van der Waals surface area contributed by atoms with Crippen LogP contribution < -0.4 is 4.74 Å². The first-order chi connectivity index (χ1) is 13.2. The van der Waals surface area contributed by atoms with Crippen molar-refractivity contribution in [3.63, 3.8) is 0 Å². The van der Waals surface area contributed by atoms with Crippen molar-refractivity contribution in [2.24, 2.45) is 23.7 Å². The van der Waals surface area contributed by atoms with E-state index >= 15 is 0 Å². The van der Waals surface area contributed by atoms with E-state index in [9.17, 15) is 4.79 Å². The molecule has 4 bridgehead atoms. The zero-order valence-electron chi connectivity index (χ0n) is 15.9. The van der Waals surface area contributed by atoms with E-state index in [1.54, 1.807) is 24.3 Å². The maximum absolute atomic E-state index is 12.5. The molecule has 1 aliphatic heterocycles. The number of ether oxygens (including phenoxy) is 1. The van der Waals surface area contributed by atoms with Gasteiger partial charge < -0.3 is 9.64 Å². The smallest absolute Gasteiger partial charge is 0.260 e. The zero-order valence-corrected chi connectivity index (χ0v) is 16.6. The van der Waals surface area contributed by atoms with Gasteiger partial charge >= 0.3 is 0 Å². The van der Waals surface area contributed by atoms with Crippen LogP contribution in [0.1, 0.15) is 32.1 Å². The van der Waals surface area contributed by atoms with E-state index < -0.39 is 0 Å². The van der Waals surface area contributed by atoms with Gasteiger partial charge in [0.1, 0.15) is 5.75 Å². The van der Waals surface area contributed by atoms with Crippen molar-refractivity contribution < 1.29 is 9.53 Å². The molecule has 1 heterocycles. The van der Waals surface area contributed by atoms with Gasteiger partial charge in [-0.05, 0) is 80.0 Å². The molecule has 4 saturated carbocycles. The summed E-state index contributed by atoms with van der Waals surface area (Å²) in [4.78, 5) is 17.2. The Morgan fingerprint density at radius 1 is 0.926 bits per heavy atom. The van der Waals surface area contributed by atoms with Crippen LogP contribution in [0.5, 0.6) is 5.75 Å². The Hall–Kier alpha value is -1.26. The third kappa shape index (κ3) is 3.58. The summed E-state index contributed by atoms with van der Waals surface area (Å²) >= 11 is 5.88. The van der Waals surface area contributed by atoms with E-state index in [1.165, 1.54) is 32.1 Å². The molecule has 4 aliphatic carbocycles. The summed E-state index contributed by atoms with van der Waals surface area (Å²) in [6.07, 6.45) is 7.37. The minimum Gasteiger partial charge on any atom is -0.484 e. The number of amides is 1. The van der Waals surface area contributed by atoms with E-state index in [0.29, 0.717) is 10.8 Å². The van der Waals surface area contributed by atoms with Crippen LogP contribution >= 0.6 is 11.6 Å². The monoisotopic (exact) mass is 388 g/mol. The molecule has 27 heavy (non-hydrogen) atoms. The second-order valence-corrected chi connectivity index (χ2v) is 9.52. The average molecular weight is 389 g/mol. The lowest BCUT2D eigenvalue weighted by molar-refractivity contribution is -0.137. The molecule has 1 saturated heterocycles. The molecule has 0 N–H and O–H groups in total. The minimum absolute atomic E-state index is 0.0923. The number of piperazine rings is 1. The molecule has 0 spiro atoms. The second kappa shape index (κ2) is 7.29. The van der Waals surface area contributed by atoms with E-state index in [1.807, 2.05) is 4.90 Å². The zero-order chi connectivity index (χ0) is 18.4. The van der Waals surface area contributed by atoms with Gasteiger partial charge in [-0.25, -0.2) is 0 Å². The Kier molecular flexibility index (Phi) is 4.81. The van der Waals surface area contributed by atoms with Crippen molar-refractivity contribution in [2.75, 3.05) is 32.8 Å².